The van der Waals surface area contributed by atoms with Crippen LogP contribution in [0.25, 0.3) is 0 Å². The summed E-state index contributed by atoms with van der Waals surface area (Å²) in [5.74, 6) is -0.356. The van der Waals surface area contributed by atoms with E-state index in [1.165, 1.54) is 5.56 Å². The van der Waals surface area contributed by atoms with Gasteiger partial charge in [-0.2, -0.15) is 0 Å². The van der Waals surface area contributed by atoms with Crippen LogP contribution >= 0.6 is 0 Å². The van der Waals surface area contributed by atoms with Gasteiger partial charge >= 0.3 is 5.97 Å². The van der Waals surface area contributed by atoms with Gasteiger partial charge in [0.1, 0.15) is 0 Å². The largest absolute Gasteiger partial charge is 0.452 e. The van der Waals surface area contributed by atoms with Crippen molar-refractivity contribution in [3.05, 3.63) is 70.8 Å². The summed E-state index contributed by atoms with van der Waals surface area (Å²) in [6.07, 6.45) is 2.42. The molecule has 3 rings (SSSR count). The highest BCUT2D eigenvalue weighted by molar-refractivity contribution is 7.83. The molecule has 0 saturated carbocycles. The van der Waals surface area contributed by atoms with Crippen LogP contribution in [0.1, 0.15) is 27.0 Å². The number of esters is 1. The molecule has 1 atom stereocenters. The van der Waals surface area contributed by atoms with Crippen LogP contribution in [0.15, 0.2) is 48.5 Å². The van der Waals surface area contributed by atoms with E-state index in [-0.39, 0.29) is 12.5 Å². The number of rotatable bonds is 5. The number of carbonyl (C=O) groups is 2. The molecular weight excluding hydrogens is 350 g/mol. The summed E-state index contributed by atoms with van der Waals surface area (Å²) in [6, 6.07) is 14.9. The zero-order valence-electron chi connectivity index (χ0n) is 14.6. The third kappa shape index (κ3) is 4.58. The first-order valence-corrected chi connectivity index (χ1v) is 10.2. The maximum atomic E-state index is 12.4. The molecule has 0 radical (unpaired) electrons. The summed E-state index contributed by atoms with van der Waals surface area (Å²) >= 11 is 0. The minimum atomic E-state index is -0.984. The number of benzene rings is 2. The lowest BCUT2D eigenvalue weighted by molar-refractivity contribution is -0.135. The number of fused-ring (bicyclic) bond motifs is 1. The second-order valence-corrected chi connectivity index (χ2v) is 7.76. The van der Waals surface area contributed by atoms with Crippen molar-refractivity contribution in [1.29, 1.82) is 0 Å². The van der Waals surface area contributed by atoms with Crippen LogP contribution in [0, 0.1) is 0 Å². The third-order valence-electron chi connectivity index (χ3n) is 4.34. The van der Waals surface area contributed by atoms with Gasteiger partial charge in [0.2, 0.25) is 0 Å². The first kappa shape index (κ1) is 18.3. The van der Waals surface area contributed by atoms with E-state index >= 15 is 0 Å². The van der Waals surface area contributed by atoms with Crippen LogP contribution in [0.3, 0.4) is 0 Å². The Morgan fingerprint density at radius 1 is 1.12 bits per heavy atom. The average molecular weight is 371 g/mol. The van der Waals surface area contributed by atoms with E-state index in [4.69, 9.17) is 4.74 Å². The van der Waals surface area contributed by atoms with Crippen LogP contribution in [0.5, 0.6) is 0 Å². The van der Waals surface area contributed by atoms with Gasteiger partial charge in [-0.1, -0.05) is 36.4 Å². The Morgan fingerprint density at radius 3 is 2.65 bits per heavy atom. The number of amides is 1. The van der Waals surface area contributed by atoms with E-state index in [1.54, 1.807) is 29.4 Å². The second-order valence-electron chi connectivity index (χ2n) is 6.33. The van der Waals surface area contributed by atoms with E-state index < -0.39 is 16.8 Å². The van der Waals surface area contributed by atoms with Crippen molar-refractivity contribution in [1.82, 2.24) is 4.90 Å². The SMILES string of the molecule is CS(=O)Cc1cccc(C(=O)OCC(=O)N2CCc3ccccc3C2)c1. The highest BCUT2D eigenvalue weighted by Gasteiger charge is 2.21. The molecular formula is C20H21NO4S. The molecule has 2 aromatic carbocycles. The van der Waals surface area contributed by atoms with Crippen molar-refractivity contribution in [3.8, 4) is 0 Å². The predicted octanol–water partition coefficient (Wildman–Crippen LogP) is 2.31. The smallest absolute Gasteiger partial charge is 0.338 e. The standard InChI is InChI=1S/C20H21NO4S/c1-26(24)14-15-5-4-8-17(11-15)20(23)25-13-19(22)21-10-9-16-6-2-3-7-18(16)12-21/h2-8,11H,9-10,12-14H2,1H3. The van der Waals surface area contributed by atoms with Gasteiger partial charge in [-0.25, -0.2) is 4.79 Å². The quantitative estimate of drug-likeness (QED) is 0.757. The summed E-state index contributed by atoms with van der Waals surface area (Å²) in [5.41, 5.74) is 3.57. The van der Waals surface area contributed by atoms with Gasteiger partial charge in [0, 0.05) is 35.9 Å². The molecule has 0 bridgehead atoms. The molecule has 136 valence electrons. The van der Waals surface area contributed by atoms with E-state index in [1.807, 2.05) is 24.3 Å². The summed E-state index contributed by atoms with van der Waals surface area (Å²) in [6.45, 7) is 0.903. The monoisotopic (exact) mass is 371 g/mol. The Labute approximate surface area is 155 Å². The molecule has 2 aromatic rings. The fourth-order valence-corrected chi connectivity index (χ4v) is 3.68. The predicted molar refractivity (Wildman–Crippen MR) is 100 cm³/mol. The van der Waals surface area contributed by atoms with Crippen molar-refractivity contribution in [3.63, 3.8) is 0 Å². The number of carbonyl (C=O) groups excluding carboxylic acids is 2. The summed E-state index contributed by atoms with van der Waals surface area (Å²) in [4.78, 5) is 26.3. The first-order valence-electron chi connectivity index (χ1n) is 8.43. The molecule has 6 heteroatoms. The fraction of sp³-hybridized carbons (Fsp3) is 0.300. The Bertz CT molecular complexity index is 849. The van der Waals surface area contributed by atoms with Crippen molar-refractivity contribution in [2.24, 2.45) is 0 Å². The summed E-state index contributed by atoms with van der Waals surface area (Å²) in [5, 5.41) is 0. The molecule has 0 saturated heterocycles. The van der Waals surface area contributed by atoms with Gasteiger partial charge in [-0.3, -0.25) is 9.00 Å². The zero-order chi connectivity index (χ0) is 18.5. The highest BCUT2D eigenvalue weighted by Crippen LogP contribution is 2.18. The van der Waals surface area contributed by atoms with Gasteiger partial charge in [-0.05, 0) is 35.2 Å². The number of nitrogens with zero attached hydrogens (tertiary/aromatic N) is 1. The lowest BCUT2D eigenvalue weighted by Crippen LogP contribution is -2.38. The molecule has 1 aliphatic heterocycles. The lowest BCUT2D eigenvalue weighted by Gasteiger charge is -2.28. The Morgan fingerprint density at radius 2 is 1.88 bits per heavy atom. The maximum absolute atomic E-state index is 12.4. The molecule has 1 unspecified atom stereocenters. The zero-order valence-corrected chi connectivity index (χ0v) is 15.5. The van der Waals surface area contributed by atoms with Crippen LogP contribution in [0.4, 0.5) is 0 Å². The molecule has 1 heterocycles. The van der Waals surface area contributed by atoms with Gasteiger partial charge in [0.05, 0.1) is 5.56 Å². The number of ether oxygens (including phenoxy) is 1. The van der Waals surface area contributed by atoms with Crippen LogP contribution in [-0.4, -0.2) is 40.4 Å². The molecule has 0 N–H and O–H groups in total. The Hall–Kier alpha value is -2.47. The summed E-state index contributed by atoms with van der Waals surface area (Å²) in [7, 11) is -0.984. The van der Waals surface area contributed by atoms with E-state index in [9.17, 15) is 13.8 Å². The van der Waals surface area contributed by atoms with Crippen molar-refractivity contribution in [2.45, 2.75) is 18.7 Å². The van der Waals surface area contributed by atoms with Gasteiger partial charge in [0.15, 0.2) is 6.61 Å². The van der Waals surface area contributed by atoms with Gasteiger partial charge < -0.3 is 9.64 Å². The summed E-state index contributed by atoms with van der Waals surface area (Å²) < 4.78 is 16.5. The van der Waals surface area contributed by atoms with E-state index in [0.717, 1.165) is 17.5 Å². The van der Waals surface area contributed by atoms with Crippen LogP contribution < -0.4 is 0 Å². The van der Waals surface area contributed by atoms with E-state index in [2.05, 4.69) is 6.07 Å². The van der Waals surface area contributed by atoms with Crippen molar-refractivity contribution >= 4 is 22.7 Å². The fourth-order valence-electron chi connectivity index (χ4n) is 3.03. The molecule has 0 spiro atoms. The normalized spacial score (nSPS) is 14.4. The van der Waals surface area contributed by atoms with E-state index in [0.29, 0.717) is 24.4 Å². The molecule has 0 fully saturated rings. The van der Waals surface area contributed by atoms with Crippen molar-refractivity contribution in [2.75, 3.05) is 19.4 Å². The maximum Gasteiger partial charge on any atom is 0.338 e. The molecule has 26 heavy (non-hydrogen) atoms. The molecule has 5 nitrogen and oxygen atoms in total. The molecule has 0 aromatic heterocycles. The minimum absolute atomic E-state index is 0.196. The number of hydrogen-bond donors (Lipinski definition) is 0. The topological polar surface area (TPSA) is 63.7 Å². The Kier molecular flexibility index (Phi) is 5.83. The third-order valence-corrected chi connectivity index (χ3v) is 5.08. The molecule has 1 aliphatic rings. The number of hydrogen-bond acceptors (Lipinski definition) is 4. The first-order chi connectivity index (χ1) is 12.5. The highest BCUT2D eigenvalue weighted by atomic mass is 32.2. The average Bonchev–Trinajstić information content (AvgIpc) is 2.65. The van der Waals surface area contributed by atoms with Gasteiger partial charge in [-0.15, -0.1) is 0 Å². The molecule has 0 aliphatic carbocycles. The molecule has 1 amide bonds. The second kappa shape index (κ2) is 8.27. The van der Waals surface area contributed by atoms with Gasteiger partial charge in [0.25, 0.3) is 5.91 Å². The van der Waals surface area contributed by atoms with Crippen molar-refractivity contribution < 1.29 is 18.5 Å². The Balaban J connectivity index is 1.56. The lowest BCUT2D eigenvalue weighted by atomic mass is 10.00. The van der Waals surface area contributed by atoms with Crippen LogP contribution in [0.2, 0.25) is 0 Å². The van der Waals surface area contributed by atoms with Crippen LogP contribution in [-0.2, 0) is 39.0 Å². The minimum Gasteiger partial charge on any atom is -0.452 e.